The van der Waals surface area contributed by atoms with Crippen molar-refractivity contribution in [1.82, 2.24) is 0 Å². The van der Waals surface area contributed by atoms with E-state index in [1.54, 1.807) is 26.0 Å². The number of alkyl halides is 6. The molecular weight excluding hydrogens is 713 g/mol. The Morgan fingerprint density at radius 3 is 1.38 bits per heavy atom. The van der Waals surface area contributed by atoms with Gasteiger partial charge in [0.2, 0.25) is 0 Å². The lowest BCUT2D eigenvalue weighted by Gasteiger charge is -2.43. The highest BCUT2D eigenvalue weighted by Crippen LogP contribution is 2.58. The first-order chi connectivity index (χ1) is 19.7. The zero-order valence-corrected chi connectivity index (χ0v) is 26.6. The quantitative estimate of drug-likeness (QED) is 0.200. The average Bonchev–Trinajstić information content (AvgIpc) is 2.92. The number of rotatable bonds is 8. The van der Waals surface area contributed by atoms with Crippen LogP contribution in [0.4, 0.5) is 26.3 Å². The third-order valence-corrected chi connectivity index (χ3v) is 10.0. The lowest BCUT2D eigenvalue weighted by Crippen LogP contribution is -2.49. The average molecular weight is 740 g/mol. The molecule has 0 amide bonds. The molecule has 0 heterocycles. The van der Waals surface area contributed by atoms with E-state index in [1.807, 2.05) is 0 Å². The number of allylic oxidation sites excluding steroid dienone is 8. The van der Waals surface area contributed by atoms with Crippen molar-refractivity contribution in [2.45, 2.75) is 49.9 Å². The van der Waals surface area contributed by atoms with Gasteiger partial charge in [0.15, 0.2) is 0 Å². The first kappa shape index (κ1) is 32.7. The van der Waals surface area contributed by atoms with E-state index >= 15 is 0 Å². The molecule has 3 nitrogen and oxygen atoms in total. The van der Waals surface area contributed by atoms with Crippen molar-refractivity contribution in [2.24, 2.45) is 11.8 Å². The highest BCUT2D eigenvalue weighted by Gasteiger charge is 2.62. The van der Waals surface area contributed by atoms with Gasteiger partial charge in [-0.05, 0) is 48.3 Å². The van der Waals surface area contributed by atoms with Gasteiger partial charge in [-0.25, -0.2) is 4.57 Å². The summed E-state index contributed by atoms with van der Waals surface area (Å²) >= 11 is 6.47. The summed E-state index contributed by atoms with van der Waals surface area (Å²) in [6.45, 7) is 3.10. The van der Waals surface area contributed by atoms with Crippen LogP contribution in [0.3, 0.4) is 0 Å². The fraction of sp³-hybridized carbons (Fsp3) is 0.333. The van der Waals surface area contributed by atoms with Crippen LogP contribution in [0.15, 0.2) is 105 Å². The van der Waals surface area contributed by atoms with E-state index in [4.69, 9.17) is 9.05 Å². The Morgan fingerprint density at radius 2 is 1.07 bits per heavy atom. The maximum absolute atomic E-state index is 14.9. The second-order valence-electron chi connectivity index (χ2n) is 9.93. The Bertz CT molecular complexity index is 1360. The normalized spacial score (nSPS) is 26.8. The Labute approximate surface area is 257 Å². The zero-order chi connectivity index (χ0) is 30.9. The molecule has 42 heavy (non-hydrogen) atoms. The molecule has 2 aliphatic carbocycles. The SMILES string of the molecule is CCC1C(O[PH](=O)OC2=CC=CC(c3ccccc3Br)(C(F)(F)F)C2CC)=CC=CC1(c1ccccc1Br)C(F)(F)F. The molecule has 0 bridgehead atoms. The molecule has 4 unspecified atom stereocenters. The van der Waals surface area contributed by atoms with Gasteiger partial charge in [-0.3, -0.25) is 0 Å². The molecule has 2 aromatic carbocycles. The van der Waals surface area contributed by atoms with Gasteiger partial charge in [0.05, 0.1) is 0 Å². The van der Waals surface area contributed by atoms with Crippen LogP contribution in [-0.2, 0) is 24.4 Å². The molecule has 0 aromatic heterocycles. The topological polar surface area (TPSA) is 35.5 Å². The standard InChI is InChI=1S/C30H27Br2F6O3P/c1-3-19-25(15-9-17-27(19,29(33,34)35)21-11-5-7-13-23(21)31)40-42(39)41-26-16-10-18-28(20(26)4-2,30(36,37)38)22-12-6-8-14-24(22)32/h5-20,42H,3-4H2,1-2H3. The number of halogens is 8. The van der Waals surface area contributed by atoms with Crippen LogP contribution in [0.25, 0.3) is 0 Å². The molecule has 0 N–H and O–H groups in total. The van der Waals surface area contributed by atoms with Gasteiger partial charge in [-0.2, -0.15) is 26.3 Å². The minimum Gasteiger partial charge on any atom is -0.422 e. The van der Waals surface area contributed by atoms with E-state index in [-0.39, 0.29) is 44.4 Å². The predicted octanol–water partition coefficient (Wildman–Crippen LogP) is 10.9. The lowest BCUT2D eigenvalue weighted by atomic mass is 9.65. The molecule has 12 heteroatoms. The number of benzene rings is 2. The first-order valence-electron chi connectivity index (χ1n) is 13.1. The molecule has 4 atom stereocenters. The van der Waals surface area contributed by atoms with E-state index in [0.717, 1.165) is 12.2 Å². The van der Waals surface area contributed by atoms with Crippen molar-refractivity contribution in [1.29, 1.82) is 0 Å². The summed E-state index contributed by atoms with van der Waals surface area (Å²) in [5.74, 6) is -3.11. The molecule has 2 aromatic rings. The summed E-state index contributed by atoms with van der Waals surface area (Å²) < 4.78 is 114. The number of hydrogen-bond acceptors (Lipinski definition) is 3. The van der Waals surface area contributed by atoms with Crippen LogP contribution in [0.1, 0.15) is 37.8 Å². The van der Waals surface area contributed by atoms with E-state index in [9.17, 15) is 30.9 Å². The Kier molecular flexibility index (Phi) is 9.65. The summed E-state index contributed by atoms with van der Waals surface area (Å²) in [6.07, 6.45) is -2.61. The second-order valence-corrected chi connectivity index (χ2v) is 12.5. The molecule has 0 aliphatic heterocycles. The Morgan fingerprint density at radius 1 is 0.714 bits per heavy atom. The molecule has 2 aliphatic rings. The number of hydrogen-bond donors (Lipinski definition) is 0. The maximum Gasteiger partial charge on any atom is 0.418 e. The smallest absolute Gasteiger partial charge is 0.418 e. The van der Waals surface area contributed by atoms with Gasteiger partial charge >= 0.3 is 20.6 Å². The van der Waals surface area contributed by atoms with Crippen LogP contribution in [-0.4, -0.2) is 12.4 Å². The summed E-state index contributed by atoms with van der Waals surface area (Å²) in [4.78, 5) is 0. The van der Waals surface area contributed by atoms with Crippen LogP contribution in [0.5, 0.6) is 0 Å². The van der Waals surface area contributed by atoms with Gasteiger partial charge in [0, 0.05) is 20.8 Å². The van der Waals surface area contributed by atoms with Crippen molar-refractivity contribution in [3.05, 3.63) is 117 Å². The minimum atomic E-state index is -4.77. The van der Waals surface area contributed by atoms with Gasteiger partial charge in [0.1, 0.15) is 22.3 Å². The molecule has 0 saturated heterocycles. The van der Waals surface area contributed by atoms with Crippen molar-refractivity contribution in [2.75, 3.05) is 0 Å². The van der Waals surface area contributed by atoms with Crippen LogP contribution in [0, 0.1) is 11.8 Å². The van der Waals surface area contributed by atoms with Gasteiger partial charge in [0.25, 0.3) is 0 Å². The Hall–Kier alpha value is -2.23. The van der Waals surface area contributed by atoms with Gasteiger partial charge < -0.3 is 9.05 Å². The van der Waals surface area contributed by atoms with Crippen molar-refractivity contribution < 1.29 is 40.0 Å². The fourth-order valence-corrected chi connectivity index (χ4v) is 8.08. The first-order valence-corrected chi connectivity index (χ1v) is 15.9. The van der Waals surface area contributed by atoms with E-state index in [0.29, 0.717) is 0 Å². The van der Waals surface area contributed by atoms with Crippen LogP contribution >= 0.6 is 40.1 Å². The van der Waals surface area contributed by atoms with Crippen molar-refractivity contribution in [3.63, 3.8) is 0 Å². The molecule has 4 rings (SSSR count). The minimum absolute atomic E-state index is 0.0472. The van der Waals surface area contributed by atoms with E-state index < -0.39 is 43.3 Å². The third-order valence-electron chi connectivity index (χ3n) is 7.82. The van der Waals surface area contributed by atoms with Gasteiger partial charge in [-0.15, -0.1) is 0 Å². The lowest BCUT2D eigenvalue weighted by molar-refractivity contribution is -0.190. The van der Waals surface area contributed by atoms with Crippen LogP contribution in [0.2, 0.25) is 0 Å². The molecular formula is C30H27Br2F6O3P. The summed E-state index contributed by atoms with van der Waals surface area (Å²) in [5, 5.41) is 0. The summed E-state index contributed by atoms with van der Waals surface area (Å²) in [7, 11) is -3.66. The zero-order valence-electron chi connectivity index (χ0n) is 22.4. The molecule has 226 valence electrons. The molecule has 0 saturated carbocycles. The fourth-order valence-electron chi connectivity index (χ4n) is 6.01. The molecule has 0 spiro atoms. The highest BCUT2D eigenvalue weighted by atomic mass is 79.9. The third kappa shape index (κ3) is 5.57. The van der Waals surface area contributed by atoms with E-state index in [2.05, 4.69) is 31.9 Å². The van der Waals surface area contributed by atoms with E-state index in [1.165, 1.54) is 60.7 Å². The van der Waals surface area contributed by atoms with Crippen molar-refractivity contribution in [3.8, 4) is 0 Å². The summed E-state index contributed by atoms with van der Waals surface area (Å²) in [6, 6.07) is 11.9. The summed E-state index contributed by atoms with van der Waals surface area (Å²) in [5.41, 5.74) is -5.13. The second kappa shape index (κ2) is 12.4. The predicted molar refractivity (Wildman–Crippen MR) is 157 cm³/mol. The highest BCUT2D eigenvalue weighted by molar-refractivity contribution is 9.10. The maximum atomic E-state index is 14.9. The van der Waals surface area contributed by atoms with Gasteiger partial charge in [-0.1, -0.05) is 106 Å². The monoisotopic (exact) mass is 738 g/mol. The Balaban J connectivity index is 1.67. The van der Waals surface area contributed by atoms with Crippen LogP contribution < -0.4 is 0 Å². The largest absolute Gasteiger partial charge is 0.422 e. The van der Waals surface area contributed by atoms with Crippen molar-refractivity contribution >= 4 is 40.1 Å². The molecule has 0 radical (unpaired) electrons. The molecule has 0 fully saturated rings.